The molecule has 0 aliphatic carbocycles. The molecule has 0 bridgehead atoms. The van der Waals surface area contributed by atoms with Crippen molar-refractivity contribution in [3.05, 3.63) is 35.4 Å². The Kier molecular flexibility index (Phi) is 6.90. The van der Waals surface area contributed by atoms with E-state index in [1.165, 1.54) is 17.5 Å². The van der Waals surface area contributed by atoms with E-state index in [4.69, 9.17) is 4.74 Å². The molecule has 2 heteroatoms. The monoisotopic (exact) mass is 235 g/mol. The van der Waals surface area contributed by atoms with E-state index in [0.717, 1.165) is 26.1 Å². The average Bonchev–Trinajstić information content (AvgIpc) is 2.35. The molecule has 0 radical (unpaired) electrons. The van der Waals surface area contributed by atoms with E-state index in [0.29, 0.717) is 5.92 Å². The Morgan fingerprint density at radius 1 is 1.29 bits per heavy atom. The van der Waals surface area contributed by atoms with Crippen LogP contribution in [0.4, 0.5) is 0 Å². The van der Waals surface area contributed by atoms with Crippen LogP contribution >= 0.6 is 0 Å². The molecular formula is C15H25NO. The fourth-order valence-electron chi connectivity index (χ4n) is 2.13. The van der Waals surface area contributed by atoms with Crippen molar-refractivity contribution in [3.63, 3.8) is 0 Å². The molecule has 0 amide bonds. The predicted molar refractivity (Wildman–Crippen MR) is 73.6 cm³/mol. The SMILES string of the molecule is CCCNCC(CCOC)c1ccccc1C. The third-order valence-corrected chi connectivity index (χ3v) is 3.12. The lowest BCUT2D eigenvalue weighted by molar-refractivity contribution is 0.187. The summed E-state index contributed by atoms with van der Waals surface area (Å²) in [5.41, 5.74) is 2.83. The summed E-state index contributed by atoms with van der Waals surface area (Å²) in [5.74, 6) is 0.558. The van der Waals surface area contributed by atoms with Crippen LogP contribution in [0.3, 0.4) is 0 Å². The number of ether oxygens (including phenoxy) is 1. The maximum absolute atomic E-state index is 5.21. The Bertz CT molecular complexity index is 312. The quantitative estimate of drug-likeness (QED) is 0.699. The second-order valence-electron chi connectivity index (χ2n) is 4.54. The number of hydrogen-bond acceptors (Lipinski definition) is 2. The van der Waals surface area contributed by atoms with E-state index in [1.54, 1.807) is 7.11 Å². The molecule has 0 heterocycles. The van der Waals surface area contributed by atoms with E-state index >= 15 is 0 Å². The van der Waals surface area contributed by atoms with Crippen LogP contribution in [0.5, 0.6) is 0 Å². The van der Waals surface area contributed by atoms with Crippen LogP contribution in [0.1, 0.15) is 36.8 Å². The van der Waals surface area contributed by atoms with Crippen LogP contribution in [0.2, 0.25) is 0 Å². The molecule has 1 aromatic carbocycles. The highest BCUT2D eigenvalue weighted by atomic mass is 16.5. The van der Waals surface area contributed by atoms with Gasteiger partial charge in [-0.2, -0.15) is 0 Å². The molecule has 0 aromatic heterocycles. The van der Waals surface area contributed by atoms with Gasteiger partial charge in [-0.15, -0.1) is 0 Å². The van der Waals surface area contributed by atoms with E-state index in [1.807, 2.05) is 0 Å². The van der Waals surface area contributed by atoms with Crippen LogP contribution in [-0.4, -0.2) is 26.8 Å². The molecule has 0 fully saturated rings. The topological polar surface area (TPSA) is 21.3 Å². The molecule has 0 aliphatic rings. The summed E-state index contributed by atoms with van der Waals surface area (Å²) in [6.07, 6.45) is 2.27. The zero-order valence-corrected chi connectivity index (χ0v) is 11.3. The zero-order chi connectivity index (χ0) is 12.5. The first kappa shape index (κ1) is 14.2. The van der Waals surface area contributed by atoms with Crippen molar-refractivity contribution >= 4 is 0 Å². The smallest absolute Gasteiger partial charge is 0.0468 e. The minimum atomic E-state index is 0.558. The third-order valence-electron chi connectivity index (χ3n) is 3.12. The van der Waals surface area contributed by atoms with Gasteiger partial charge in [0.05, 0.1) is 0 Å². The first-order chi connectivity index (χ1) is 8.29. The van der Waals surface area contributed by atoms with Gasteiger partial charge in [0.25, 0.3) is 0 Å². The first-order valence-electron chi connectivity index (χ1n) is 6.54. The number of rotatable bonds is 8. The van der Waals surface area contributed by atoms with Gasteiger partial charge in [0.1, 0.15) is 0 Å². The molecule has 1 atom stereocenters. The predicted octanol–water partition coefficient (Wildman–Crippen LogP) is 3.11. The Labute approximate surface area is 105 Å². The molecule has 17 heavy (non-hydrogen) atoms. The fourth-order valence-corrected chi connectivity index (χ4v) is 2.13. The minimum Gasteiger partial charge on any atom is -0.385 e. The molecule has 0 spiro atoms. The lowest BCUT2D eigenvalue weighted by atomic mass is 9.92. The molecule has 0 saturated heterocycles. The van der Waals surface area contributed by atoms with Gasteiger partial charge in [-0.25, -0.2) is 0 Å². The van der Waals surface area contributed by atoms with Crippen molar-refractivity contribution in [2.75, 3.05) is 26.8 Å². The summed E-state index contributed by atoms with van der Waals surface area (Å²) in [7, 11) is 1.77. The molecule has 2 nitrogen and oxygen atoms in total. The molecule has 1 N–H and O–H groups in total. The molecule has 0 saturated carbocycles. The van der Waals surface area contributed by atoms with E-state index < -0.39 is 0 Å². The summed E-state index contributed by atoms with van der Waals surface area (Å²) >= 11 is 0. The summed E-state index contributed by atoms with van der Waals surface area (Å²) in [6.45, 7) is 7.35. The largest absolute Gasteiger partial charge is 0.385 e. The van der Waals surface area contributed by atoms with Gasteiger partial charge >= 0.3 is 0 Å². The average molecular weight is 235 g/mol. The van der Waals surface area contributed by atoms with E-state index in [9.17, 15) is 0 Å². The van der Waals surface area contributed by atoms with Crippen molar-refractivity contribution in [1.82, 2.24) is 5.32 Å². The Morgan fingerprint density at radius 2 is 2.06 bits per heavy atom. The summed E-state index contributed by atoms with van der Waals surface area (Å²) in [5, 5.41) is 3.51. The number of aryl methyl sites for hydroxylation is 1. The molecule has 1 unspecified atom stereocenters. The van der Waals surface area contributed by atoms with Gasteiger partial charge in [0.2, 0.25) is 0 Å². The lowest BCUT2D eigenvalue weighted by Crippen LogP contribution is -2.23. The normalized spacial score (nSPS) is 12.6. The molecule has 1 aromatic rings. The zero-order valence-electron chi connectivity index (χ0n) is 11.3. The third kappa shape index (κ3) is 4.88. The van der Waals surface area contributed by atoms with Gasteiger partial charge in [-0.05, 0) is 43.4 Å². The highest BCUT2D eigenvalue weighted by Crippen LogP contribution is 2.22. The maximum atomic E-state index is 5.21. The van der Waals surface area contributed by atoms with E-state index in [2.05, 4.69) is 43.4 Å². The van der Waals surface area contributed by atoms with Crippen molar-refractivity contribution in [2.24, 2.45) is 0 Å². The lowest BCUT2D eigenvalue weighted by Gasteiger charge is -2.19. The summed E-state index contributed by atoms with van der Waals surface area (Å²) < 4.78 is 5.21. The molecule has 96 valence electrons. The standard InChI is InChI=1S/C15H25NO/c1-4-10-16-12-14(9-11-17-3)15-8-6-5-7-13(15)2/h5-8,14,16H,4,9-12H2,1-3H3. The van der Waals surface area contributed by atoms with Gasteiger partial charge in [-0.1, -0.05) is 31.2 Å². The Hall–Kier alpha value is -0.860. The Balaban J connectivity index is 2.64. The van der Waals surface area contributed by atoms with Crippen molar-refractivity contribution in [2.45, 2.75) is 32.6 Å². The van der Waals surface area contributed by atoms with Crippen LogP contribution in [0.25, 0.3) is 0 Å². The Morgan fingerprint density at radius 3 is 2.71 bits per heavy atom. The van der Waals surface area contributed by atoms with Gasteiger partial charge in [-0.3, -0.25) is 0 Å². The van der Waals surface area contributed by atoms with Crippen LogP contribution in [0.15, 0.2) is 24.3 Å². The minimum absolute atomic E-state index is 0.558. The maximum Gasteiger partial charge on any atom is 0.0468 e. The van der Waals surface area contributed by atoms with Crippen molar-refractivity contribution in [1.29, 1.82) is 0 Å². The van der Waals surface area contributed by atoms with Crippen LogP contribution in [-0.2, 0) is 4.74 Å². The molecule has 0 aliphatic heterocycles. The second-order valence-corrected chi connectivity index (χ2v) is 4.54. The first-order valence-corrected chi connectivity index (χ1v) is 6.54. The molecular weight excluding hydrogens is 210 g/mol. The number of methoxy groups -OCH3 is 1. The fraction of sp³-hybridized carbons (Fsp3) is 0.600. The van der Waals surface area contributed by atoms with Crippen molar-refractivity contribution in [3.8, 4) is 0 Å². The van der Waals surface area contributed by atoms with Gasteiger partial charge in [0, 0.05) is 20.3 Å². The van der Waals surface area contributed by atoms with Crippen LogP contribution < -0.4 is 5.32 Å². The summed E-state index contributed by atoms with van der Waals surface area (Å²) in [4.78, 5) is 0. The highest BCUT2D eigenvalue weighted by Gasteiger charge is 2.12. The summed E-state index contributed by atoms with van der Waals surface area (Å²) in [6, 6.07) is 8.66. The molecule has 1 rings (SSSR count). The number of hydrogen-bond donors (Lipinski definition) is 1. The van der Waals surface area contributed by atoms with Gasteiger partial charge in [0.15, 0.2) is 0 Å². The number of nitrogens with one attached hydrogen (secondary N) is 1. The van der Waals surface area contributed by atoms with Gasteiger partial charge < -0.3 is 10.1 Å². The van der Waals surface area contributed by atoms with Crippen molar-refractivity contribution < 1.29 is 4.74 Å². The second kappa shape index (κ2) is 8.26. The highest BCUT2D eigenvalue weighted by molar-refractivity contribution is 5.29. The van der Waals surface area contributed by atoms with E-state index in [-0.39, 0.29) is 0 Å². The number of benzene rings is 1. The van der Waals surface area contributed by atoms with Crippen LogP contribution in [0, 0.1) is 6.92 Å².